The van der Waals surface area contributed by atoms with Crippen molar-refractivity contribution in [3.63, 3.8) is 0 Å². The van der Waals surface area contributed by atoms with E-state index in [2.05, 4.69) is 16.8 Å². The average Bonchev–Trinajstić information content (AvgIpc) is 2.17. The summed E-state index contributed by atoms with van der Waals surface area (Å²) in [6, 6.07) is 0. The van der Waals surface area contributed by atoms with Gasteiger partial charge in [0.25, 0.3) is 5.88 Å². The molecule has 2 heteroatoms. The van der Waals surface area contributed by atoms with Crippen LogP contribution in [-0.2, 0) is 4.74 Å². The van der Waals surface area contributed by atoms with E-state index in [0.717, 1.165) is 17.7 Å². The zero-order valence-corrected chi connectivity index (χ0v) is 6.87. The summed E-state index contributed by atoms with van der Waals surface area (Å²) in [6.07, 6.45) is 8.93. The van der Waals surface area contributed by atoms with Crippen LogP contribution in [0.1, 0.15) is 6.42 Å². The van der Waals surface area contributed by atoms with Gasteiger partial charge in [0, 0.05) is 12.0 Å². The van der Waals surface area contributed by atoms with Crippen LogP contribution in [0, 0.1) is 0 Å². The van der Waals surface area contributed by atoms with Crippen LogP contribution in [0.25, 0.3) is 0 Å². The predicted octanol–water partition coefficient (Wildman–Crippen LogP) is 1.97. The molecule has 2 nitrogen and oxygen atoms in total. The number of rotatable bonds is 1. The van der Waals surface area contributed by atoms with Gasteiger partial charge in [-0.3, -0.25) is 0 Å². The molecule has 0 saturated heterocycles. The number of allylic oxidation sites excluding steroid dienone is 5. The monoisotopic (exact) mass is 159 g/mol. The molecule has 0 fully saturated rings. The highest BCUT2D eigenvalue weighted by Crippen LogP contribution is 2.16. The third-order valence-corrected chi connectivity index (χ3v) is 1.84. The lowest BCUT2D eigenvalue weighted by molar-refractivity contribution is 0.289. The first kappa shape index (κ1) is 7.14. The molecule has 0 aromatic heterocycles. The molecule has 0 aromatic carbocycles. The van der Waals surface area contributed by atoms with Gasteiger partial charge in [0.15, 0.2) is 0 Å². The number of ether oxygens (including phenoxy) is 1. The van der Waals surface area contributed by atoms with Gasteiger partial charge >= 0.3 is 0 Å². The van der Waals surface area contributed by atoms with Crippen LogP contribution in [0.4, 0.5) is 0 Å². The number of hydrogen-bond acceptors (Lipinski definition) is 2. The summed E-state index contributed by atoms with van der Waals surface area (Å²) in [5.74, 6) is 0.567. The van der Waals surface area contributed by atoms with Crippen molar-refractivity contribution >= 4 is 5.71 Å². The molecular weight excluding hydrogens is 150 g/mol. The van der Waals surface area contributed by atoms with Crippen molar-refractivity contribution in [2.24, 2.45) is 4.99 Å². The highest BCUT2D eigenvalue weighted by molar-refractivity contribution is 6.05. The predicted molar refractivity (Wildman–Crippen MR) is 47.9 cm³/mol. The first-order chi connectivity index (χ1) is 5.90. The summed E-state index contributed by atoms with van der Waals surface area (Å²) in [4.78, 5) is 4.27. The minimum absolute atomic E-state index is 0.567. The molecule has 2 rings (SSSR count). The third kappa shape index (κ3) is 1.13. The standard InChI is InChI=1S/C10H9NO/c1-12-10-7-6-8-4-2-3-5-9(8)11-10/h2-4,6H,5H2,1H3. The maximum Gasteiger partial charge on any atom is 0.259 e. The van der Waals surface area contributed by atoms with Gasteiger partial charge in [0.2, 0.25) is 0 Å². The van der Waals surface area contributed by atoms with Crippen LogP contribution in [0.3, 0.4) is 0 Å². The van der Waals surface area contributed by atoms with Crippen LogP contribution in [0.5, 0.6) is 0 Å². The van der Waals surface area contributed by atoms with E-state index < -0.39 is 0 Å². The van der Waals surface area contributed by atoms with Gasteiger partial charge in [-0.25, -0.2) is 4.99 Å². The summed E-state index contributed by atoms with van der Waals surface area (Å²) in [5.41, 5.74) is 5.15. The zero-order valence-electron chi connectivity index (χ0n) is 6.87. The van der Waals surface area contributed by atoms with Crippen molar-refractivity contribution in [2.45, 2.75) is 6.42 Å². The summed E-state index contributed by atoms with van der Waals surface area (Å²) >= 11 is 0. The minimum atomic E-state index is 0.567. The molecule has 0 amide bonds. The van der Waals surface area contributed by atoms with Gasteiger partial charge < -0.3 is 4.74 Å². The molecule has 0 spiro atoms. The lowest BCUT2D eigenvalue weighted by atomic mass is 10.0. The second-order valence-electron chi connectivity index (χ2n) is 2.61. The van der Waals surface area contributed by atoms with Crippen molar-refractivity contribution < 1.29 is 4.74 Å². The third-order valence-electron chi connectivity index (χ3n) is 1.84. The molecule has 60 valence electrons. The van der Waals surface area contributed by atoms with Gasteiger partial charge in [0.05, 0.1) is 12.8 Å². The Hall–Kier alpha value is -1.53. The summed E-state index contributed by atoms with van der Waals surface area (Å²) < 4.78 is 4.98. The van der Waals surface area contributed by atoms with Gasteiger partial charge in [-0.05, 0) is 6.08 Å². The van der Waals surface area contributed by atoms with E-state index in [4.69, 9.17) is 4.74 Å². The Morgan fingerprint density at radius 2 is 2.50 bits per heavy atom. The highest BCUT2D eigenvalue weighted by atomic mass is 16.5. The zero-order chi connectivity index (χ0) is 8.39. The molecular formula is C10H9NO. The van der Waals surface area contributed by atoms with Crippen LogP contribution >= 0.6 is 0 Å². The van der Waals surface area contributed by atoms with Crippen LogP contribution in [0.2, 0.25) is 0 Å². The Morgan fingerprint density at radius 1 is 1.58 bits per heavy atom. The van der Waals surface area contributed by atoms with Crippen LogP contribution < -0.4 is 0 Å². The normalized spacial score (nSPS) is 19.2. The summed E-state index contributed by atoms with van der Waals surface area (Å²) in [6.45, 7) is 0. The second kappa shape index (κ2) is 2.84. The first-order valence-electron chi connectivity index (χ1n) is 3.85. The topological polar surface area (TPSA) is 21.6 Å². The molecule has 0 aromatic rings. The van der Waals surface area contributed by atoms with Gasteiger partial charge in [0.1, 0.15) is 0 Å². The Kier molecular flexibility index (Phi) is 1.69. The average molecular weight is 159 g/mol. The van der Waals surface area contributed by atoms with Crippen molar-refractivity contribution in [1.29, 1.82) is 0 Å². The van der Waals surface area contributed by atoms with Crippen LogP contribution in [-0.4, -0.2) is 12.8 Å². The van der Waals surface area contributed by atoms with E-state index in [9.17, 15) is 0 Å². The summed E-state index contributed by atoms with van der Waals surface area (Å²) in [7, 11) is 1.60. The van der Waals surface area contributed by atoms with E-state index in [-0.39, 0.29) is 0 Å². The first-order valence-corrected chi connectivity index (χ1v) is 3.85. The lowest BCUT2D eigenvalue weighted by Crippen LogP contribution is -2.06. The van der Waals surface area contributed by atoms with Crippen molar-refractivity contribution in [3.05, 3.63) is 41.5 Å². The number of fused-ring (bicyclic) bond motifs is 1. The highest BCUT2D eigenvalue weighted by Gasteiger charge is 2.09. The number of hydrogen-bond donors (Lipinski definition) is 0. The fourth-order valence-corrected chi connectivity index (χ4v) is 1.21. The minimum Gasteiger partial charge on any atom is -0.475 e. The quantitative estimate of drug-likeness (QED) is 0.536. The molecule has 0 bridgehead atoms. The lowest BCUT2D eigenvalue weighted by Gasteiger charge is -2.11. The van der Waals surface area contributed by atoms with E-state index in [1.807, 2.05) is 18.2 Å². The molecule has 0 saturated carbocycles. The molecule has 0 unspecified atom stereocenters. The molecule has 0 atom stereocenters. The maximum atomic E-state index is 4.98. The molecule has 1 aliphatic heterocycles. The van der Waals surface area contributed by atoms with Crippen molar-refractivity contribution in [2.75, 3.05) is 7.11 Å². The number of nitrogens with zero attached hydrogens (tertiary/aromatic N) is 1. The van der Waals surface area contributed by atoms with E-state index in [1.54, 1.807) is 7.11 Å². The Morgan fingerprint density at radius 3 is 3.33 bits per heavy atom. The molecule has 12 heavy (non-hydrogen) atoms. The van der Waals surface area contributed by atoms with Crippen molar-refractivity contribution in [1.82, 2.24) is 0 Å². The van der Waals surface area contributed by atoms with E-state index in [0.29, 0.717) is 5.88 Å². The Bertz CT molecular complexity index is 352. The number of methoxy groups -OCH3 is 1. The molecule has 0 radical (unpaired) electrons. The largest absolute Gasteiger partial charge is 0.475 e. The fourth-order valence-electron chi connectivity index (χ4n) is 1.21. The Balaban J connectivity index is 2.42. The summed E-state index contributed by atoms with van der Waals surface area (Å²) in [5, 5.41) is 0. The number of aliphatic imine (C=N–C) groups is 1. The molecule has 1 heterocycles. The van der Waals surface area contributed by atoms with Crippen LogP contribution in [0.15, 0.2) is 46.5 Å². The SMILES string of the molecule is COC1=C=CC2=CC=CCC2=N1. The second-order valence-corrected chi connectivity index (χ2v) is 2.61. The Labute approximate surface area is 71.3 Å². The maximum absolute atomic E-state index is 4.98. The van der Waals surface area contributed by atoms with Gasteiger partial charge in [-0.1, -0.05) is 24.0 Å². The van der Waals surface area contributed by atoms with E-state index >= 15 is 0 Å². The molecule has 1 aliphatic carbocycles. The van der Waals surface area contributed by atoms with Gasteiger partial charge in [-0.2, -0.15) is 0 Å². The van der Waals surface area contributed by atoms with Crippen molar-refractivity contribution in [3.8, 4) is 0 Å². The molecule has 0 N–H and O–H groups in total. The van der Waals surface area contributed by atoms with E-state index in [1.165, 1.54) is 0 Å². The fraction of sp³-hybridized carbons (Fsp3) is 0.200. The van der Waals surface area contributed by atoms with Gasteiger partial charge in [-0.15, -0.1) is 0 Å². The molecule has 2 aliphatic rings. The smallest absolute Gasteiger partial charge is 0.259 e.